The van der Waals surface area contributed by atoms with Crippen molar-refractivity contribution in [1.29, 1.82) is 0 Å². The summed E-state index contributed by atoms with van der Waals surface area (Å²) in [6.45, 7) is 6.02. The molecule has 0 aliphatic heterocycles. The van der Waals surface area contributed by atoms with Gasteiger partial charge >= 0.3 is 0 Å². The van der Waals surface area contributed by atoms with Gasteiger partial charge in [0.15, 0.2) is 0 Å². The van der Waals surface area contributed by atoms with Crippen LogP contribution in [0, 0.1) is 17.6 Å². The number of anilines is 1. The van der Waals surface area contributed by atoms with Crippen LogP contribution in [0.25, 0.3) is 0 Å². The van der Waals surface area contributed by atoms with Crippen LogP contribution in [0.15, 0.2) is 12.1 Å². The molecule has 0 radical (unpaired) electrons. The van der Waals surface area contributed by atoms with Gasteiger partial charge in [-0.25, -0.2) is 8.78 Å². The van der Waals surface area contributed by atoms with Gasteiger partial charge in [0.1, 0.15) is 17.3 Å². The van der Waals surface area contributed by atoms with E-state index >= 15 is 0 Å². The average molecular weight is 282 g/mol. The number of halogens is 2. The Morgan fingerprint density at radius 1 is 1.30 bits per heavy atom. The molecule has 20 heavy (non-hydrogen) atoms. The van der Waals surface area contributed by atoms with Crippen molar-refractivity contribution < 1.29 is 13.6 Å². The lowest BCUT2D eigenvalue weighted by atomic mass is 9.98. The zero-order valence-corrected chi connectivity index (χ0v) is 12.0. The highest BCUT2D eigenvalue weighted by Crippen LogP contribution is 2.39. The van der Waals surface area contributed by atoms with Crippen molar-refractivity contribution >= 4 is 11.6 Å². The first-order chi connectivity index (χ1) is 9.35. The molecule has 0 bridgehead atoms. The molecule has 1 saturated carbocycles. The van der Waals surface area contributed by atoms with E-state index in [1.807, 2.05) is 13.8 Å². The molecule has 5 heteroatoms. The molecule has 1 fully saturated rings. The van der Waals surface area contributed by atoms with Crippen LogP contribution in [0.2, 0.25) is 0 Å². The number of carbonyl (C=O) groups is 1. The standard InChI is InChI=1S/C15H20F2N2O/c1-4-18-13-11(16)7-9(8-12(13)17)14(20)19-15(2,3)10-5-6-10/h7-8,10,18H,4-6H2,1-3H3,(H,19,20). The molecule has 2 rings (SSSR count). The molecule has 1 aliphatic carbocycles. The molecule has 0 atom stereocenters. The summed E-state index contributed by atoms with van der Waals surface area (Å²) < 4.78 is 27.6. The van der Waals surface area contributed by atoms with E-state index in [9.17, 15) is 13.6 Å². The lowest BCUT2D eigenvalue weighted by Gasteiger charge is -2.26. The molecule has 3 nitrogen and oxygen atoms in total. The summed E-state index contributed by atoms with van der Waals surface area (Å²) in [4.78, 5) is 12.1. The summed E-state index contributed by atoms with van der Waals surface area (Å²) in [5.74, 6) is -1.49. The number of hydrogen-bond acceptors (Lipinski definition) is 2. The molecule has 110 valence electrons. The maximum absolute atomic E-state index is 13.8. The molecule has 0 saturated heterocycles. The fraction of sp³-hybridized carbons (Fsp3) is 0.533. The molecule has 1 aromatic rings. The van der Waals surface area contributed by atoms with Gasteiger partial charge in [0.05, 0.1) is 0 Å². The number of carbonyl (C=O) groups excluding carboxylic acids is 1. The summed E-state index contributed by atoms with van der Waals surface area (Å²) in [5.41, 5.74) is -0.523. The quantitative estimate of drug-likeness (QED) is 0.870. The zero-order valence-electron chi connectivity index (χ0n) is 12.0. The van der Waals surface area contributed by atoms with Gasteiger partial charge in [-0.1, -0.05) is 0 Å². The van der Waals surface area contributed by atoms with Crippen LogP contribution in [0.1, 0.15) is 44.0 Å². The summed E-state index contributed by atoms with van der Waals surface area (Å²) >= 11 is 0. The first-order valence-electron chi connectivity index (χ1n) is 6.90. The summed E-state index contributed by atoms with van der Waals surface area (Å²) in [5, 5.41) is 5.45. The Morgan fingerprint density at radius 2 is 1.85 bits per heavy atom. The van der Waals surface area contributed by atoms with Gasteiger partial charge in [0.2, 0.25) is 0 Å². The number of amides is 1. The van der Waals surface area contributed by atoms with Gasteiger partial charge in [-0.15, -0.1) is 0 Å². The van der Waals surface area contributed by atoms with Gasteiger partial charge in [0, 0.05) is 17.6 Å². The molecule has 1 amide bonds. The van der Waals surface area contributed by atoms with E-state index in [1.165, 1.54) is 0 Å². The normalized spacial score (nSPS) is 15.1. The molecule has 2 N–H and O–H groups in total. The highest BCUT2D eigenvalue weighted by molar-refractivity contribution is 5.95. The molecule has 1 aromatic carbocycles. The molecular weight excluding hydrogens is 262 g/mol. The van der Waals surface area contributed by atoms with Crippen molar-refractivity contribution in [2.75, 3.05) is 11.9 Å². The minimum absolute atomic E-state index is 0.00961. The van der Waals surface area contributed by atoms with Crippen LogP contribution in [0.4, 0.5) is 14.5 Å². The summed E-state index contributed by atoms with van der Waals surface area (Å²) in [7, 11) is 0. The van der Waals surface area contributed by atoms with Crippen molar-refractivity contribution in [3.63, 3.8) is 0 Å². The fourth-order valence-corrected chi connectivity index (χ4v) is 2.32. The SMILES string of the molecule is CCNc1c(F)cc(C(=O)NC(C)(C)C2CC2)cc1F. The van der Waals surface area contributed by atoms with Crippen LogP contribution >= 0.6 is 0 Å². The van der Waals surface area contributed by atoms with Gasteiger partial charge in [0.25, 0.3) is 5.91 Å². The van der Waals surface area contributed by atoms with E-state index in [4.69, 9.17) is 0 Å². The van der Waals surface area contributed by atoms with E-state index < -0.39 is 17.5 Å². The topological polar surface area (TPSA) is 41.1 Å². The second kappa shape index (κ2) is 5.38. The number of nitrogens with one attached hydrogen (secondary N) is 2. The van der Waals surface area contributed by atoms with Crippen LogP contribution in [-0.4, -0.2) is 18.0 Å². The second-order valence-corrected chi connectivity index (χ2v) is 5.80. The molecule has 1 aliphatic rings. The van der Waals surface area contributed by atoms with Crippen LogP contribution in [-0.2, 0) is 0 Å². The minimum Gasteiger partial charge on any atom is -0.381 e. The maximum Gasteiger partial charge on any atom is 0.251 e. The molecular formula is C15H20F2N2O. The van der Waals surface area contributed by atoms with E-state index in [2.05, 4.69) is 10.6 Å². The molecule has 0 unspecified atom stereocenters. The second-order valence-electron chi connectivity index (χ2n) is 5.80. The highest BCUT2D eigenvalue weighted by Gasteiger charge is 2.38. The number of rotatable bonds is 5. The Morgan fingerprint density at radius 3 is 2.30 bits per heavy atom. The fourth-order valence-electron chi connectivity index (χ4n) is 2.32. The third kappa shape index (κ3) is 3.08. The van der Waals surface area contributed by atoms with Crippen LogP contribution < -0.4 is 10.6 Å². The van der Waals surface area contributed by atoms with Gasteiger partial charge in [-0.3, -0.25) is 4.79 Å². The summed E-state index contributed by atoms with van der Waals surface area (Å²) in [6.07, 6.45) is 2.16. The van der Waals surface area contributed by atoms with Crippen molar-refractivity contribution in [2.45, 2.75) is 39.2 Å². The van der Waals surface area contributed by atoms with Crippen molar-refractivity contribution in [3.05, 3.63) is 29.3 Å². The van der Waals surface area contributed by atoms with E-state index in [-0.39, 0.29) is 16.8 Å². The number of benzene rings is 1. The number of hydrogen-bond donors (Lipinski definition) is 2. The molecule has 0 spiro atoms. The first-order valence-corrected chi connectivity index (χ1v) is 6.90. The van der Waals surface area contributed by atoms with Crippen LogP contribution in [0.5, 0.6) is 0 Å². The zero-order chi connectivity index (χ0) is 14.9. The Balaban J connectivity index is 2.18. The monoisotopic (exact) mass is 282 g/mol. The van der Waals surface area contributed by atoms with Crippen molar-refractivity contribution in [1.82, 2.24) is 5.32 Å². The smallest absolute Gasteiger partial charge is 0.251 e. The first kappa shape index (κ1) is 14.8. The lowest BCUT2D eigenvalue weighted by Crippen LogP contribution is -2.45. The Kier molecular flexibility index (Phi) is 3.97. The highest BCUT2D eigenvalue weighted by atomic mass is 19.1. The largest absolute Gasteiger partial charge is 0.381 e. The van der Waals surface area contributed by atoms with Gasteiger partial charge in [-0.2, -0.15) is 0 Å². The third-order valence-corrected chi connectivity index (χ3v) is 3.69. The summed E-state index contributed by atoms with van der Waals surface area (Å²) in [6, 6.07) is 2.14. The van der Waals surface area contributed by atoms with E-state index in [0.717, 1.165) is 25.0 Å². The molecule has 0 aromatic heterocycles. The lowest BCUT2D eigenvalue weighted by molar-refractivity contribution is 0.0902. The third-order valence-electron chi connectivity index (χ3n) is 3.69. The van der Waals surface area contributed by atoms with Gasteiger partial charge < -0.3 is 10.6 Å². The van der Waals surface area contributed by atoms with Crippen molar-refractivity contribution in [3.8, 4) is 0 Å². The Labute approximate surface area is 117 Å². The van der Waals surface area contributed by atoms with Crippen molar-refractivity contribution in [2.24, 2.45) is 5.92 Å². The Hall–Kier alpha value is -1.65. The van der Waals surface area contributed by atoms with E-state index in [1.54, 1.807) is 6.92 Å². The average Bonchev–Trinajstić information content (AvgIpc) is 3.17. The van der Waals surface area contributed by atoms with E-state index in [0.29, 0.717) is 12.5 Å². The Bertz CT molecular complexity index is 502. The minimum atomic E-state index is -0.749. The maximum atomic E-state index is 13.8. The predicted molar refractivity (Wildman–Crippen MR) is 74.8 cm³/mol. The van der Waals surface area contributed by atoms with Gasteiger partial charge in [-0.05, 0) is 51.7 Å². The predicted octanol–water partition coefficient (Wildman–Crippen LogP) is 3.32. The molecule has 0 heterocycles. The van der Waals surface area contributed by atoms with Crippen LogP contribution in [0.3, 0.4) is 0 Å².